The molecule has 0 spiro atoms. The minimum absolute atomic E-state index is 0.249. The fourth-order valence-electron chi connectivity index (χ4n) is 3.51. The molecule has 0 bridgehead atoms. The van der Waals surface area contributed by atoms with Crippen LogP contribution in [-0.2, 0) is 0 Å². The summed E-state index contributed by atoms with van der Waals surface area (Å²) in [7, 11) is 0. The number of hydrogen-bond acceptors (Lipinski definition) is 3. The first kappa shape index (κ1) is 16.3. The van der Waals surface area contributed by atoms with Crippen molar-refractivity contribution in [2.75, 3.05) is 39.3 Å². The van der Waals surface area contributed by atoms with Crippen LogP contribution >= 0.6 is 0 Å². The molecule has 118 valence electrons. The number of nitrogens with zero attached hydrogens (tertiary/aromatic N) is 2. The maximum atomic E-state index is 3.70. The molecule has 1 N–H and O–H groups in total. The third-order valence-electron chi connectivity index (χ3n) is 4.74. The van der Waals surface area contributed by atoms with Crippen molar-refractivity contribution in [2.24, 2.45) is 0 Å². The standard InChI is InChI=1S/C17H35N3/c1-17(2,3)18-15-16-9-4-5-13-20(16)14-8-12-19-10-6-7-11-19/h16,18H,4-15H2,1-3H3. The van der Waals surface area contributed by atoms with Gasteiger partial charge < -0.3 is 10.2 Å². The molecule has 1 atom stereocenters. The van der Waals surface area contributed by atoms with E-state index in [2.05, 4.69) is 35.9 Å². The Hall–Kier alpha value is -0.120. The summed E-state index contributed by atoms with van der Waals surface area (Å²) in [6.07, 6.45) is 8.39. The Labute approximate surface area is 126 Å². The Morgan fingerprint density at radius 2 is 1.65 bits per heavy atom. The molecule has 0 saturated carbocycles. The van der Waals surface area contributed by atoms with Gasteiger partial charge >= 0.3 is 0 Å². The molecule has 2 aliphatic rings. The van der Waals surface area contributed by atoms with Crippen LogP contribution in [0.15, 0.2) is 0 Å². The number of likely N-dealkylation sites (tertiary alicyclic amines) is 2. The third kappa shape index (κ3) is 5.71. The Morgan fingerprint density at radius 3 is 2.35 bits per heavy atom. The monoisotopic (exact) mass is 281 g/mol. The van der Waals surface area contributed by atoms with E-state index < -0.39 is 0 Å². The summed E-state index contributed by atoms with van der Waals surface area (Å²) in [6.45, 7) is 14.6. The molecule has 2 rings (SSSR count). The van der Waals surface area contributed by atoms with E-state index in [0.29, 0.717) is 0 Å². The van der Waals surface area contributed by atoms with E-state index >= 15 is 0 Å². The largest absolute Gasteiger partial charge is 0.311 e. The topological polar surface area (TPSA) is 18.5 Å². The van der Waals surface area contributed by atoms with Crippen molar-refractivity contribution in [2.45, 2.75) is 70.9 Å². The fraction of sp³-hybridized carbons (Fsp3) is 1.00. The minimum atomic E-state index is 0.249. The maximum Gasteiger partial charge on any atom is 0.0220 e. The predicted molar refractivity (Wildman–Crippen MR) is 87.3 cm³/mol. The molecule has 0 aromatic carbocycles. The Bertz CT molecular complexity index is 266. The molecule has 0 aromatic heterocycles. The molecule has 20 heavy (non-hydrogen) atoms. The van der Waals surface area contributed by atoms with E-state index in [0.717, 1.165) is 12.6 Å². The summed E-state index contributed by atoms with van der Waals surface area (Å²) in [5.74, 6) is 0. The quantitative estimate of drug-likeness (QED) is 0.807. The van der Waals surface area contributed by atoms with Crippen LogP contribution in [0.25, 0.3) is 0 Å². The van der Waals surface area contributed by atoms with Gasteiger partial charge in [-0.05, 0) is 85.6 Å². The van der Waals surface area contributed by atoms with Gasteiger partial charge in [0.15, 0.2) is 0 Å². The first-order valence-electron chi connectivity index (χ1n) is 8.76. The van der Waals surface area contributed by atoms with Crippen molar-refractivity contribution >= 4 is 0 Å². The molecular weight excluding hydrogens is 246 g/mol. The number of nitrogens with one attached hydrogen (secondary N) is 1. The highest BCUT2D eigenvalue weighted by Crippen LogP contribution is 2.18. The summed E-state index contributed by atoms with van der Waals surface area (Å²) in [6, 6.07) is 0.765. The van der Waals surface area contributed by atoms with Crippen LogP contribution in [0.4, 0.5) is 0 Å². The van der Waals surface area contributed by atoms with Gasteiger partial charge in [0.25, 0.3) is 0 Å². The lowest BCUT2D eigenvalue weighted by Gasteiger charge is -2.38. The summed E-state index contributed by atoms with van der Waals surface area (Å²) >= 11 is 0. The highest BCUT2D eigenvalue weighted by molar-refractivity contribution is 4.82. The lowest BCUT2D eigenvalue weighted by molar-refractivity contribution is 0.132. The molecule has 0 aliphatic carbocycles. The van der Waals surface area contributed by atoms with Gasteiger partial charge in [0.1, 0.15) is 0 Å². The van der Waals surface area contributed by atoms with Crippen LogP contribution in [0.5, 0.6) is 0 Å². The summed E-state index contributed by atoms with van der Waals surface area (Å²) in [4.78, 5) is 5.39. The average Bonchev–Trinajstić information content (AvgIpc) is 2.90. The second kappa shape index (κ2) is 7.77. The molecule has 2 heterocycles. The van der Waals surface area contributed by atoms with Crippen LogP contribution in [0.2, 0.25) is 0 Å². The molecule has 1 unspecified atom stereocenters. The van der Waals surface area contributed by atoms with E-state index in [1.807, 2.05) is 0 Å². The lowest BCUT2D eigenvalue weighted by atomic mass is 10.00. The second-order valence-electron chi connectivity index (χ2n) is 7.72. The van der Waals surface area contributed by atoms with E-state index in [9.17, 15) is 0 Å². The molecule has 2 aliphatic heterocycles. The molecule has 3 nitrogen and oxygen atoms in total. The van der Waals surface area contributed by atoms with Gasteiger partial charge in [0, 0.05) is 18.1 Å². The van der Waals surface area contributed by atoms with Crippen LogP contribution in [0.1, 0.15) is 59.3 Å². The first-order valence-corrected chi connectivity index (χ1v) is 8.76. The zero-order valence-corrected chi connectivity index (χ0v) is 14.0. The highest BCUT2D eigenvalue weighted by atomic mass is 15.2. The lowest BCUT2D eigenvalue weighted by Crippen LogP contribution is -2.50. The van der Waals surface area contributed by atoms with E-state index in [1.165, 1.54) is 71.2 Å². The zero-order chi connectivity index (χ0) is 14.4. The maximum absolute atomic E-state index is 3.70. The smallest absolute Gasteiger partial charge is 0.0220 e. The Kier molecular flexibility index (Phi) is 6.31. The second-order valence-corrected chi connectivity index (χ2v) is 7.72. The third-order valence-corrected chi connectivity index (χ3v) is 4.74. The van der Waals surface area contributed by atoms with Gasteiger partial charge in [-0.2, -0.15) is 0 Å². The van der Waals surface area contributed by atoms with Gasteiger partial charge in [-0.1, -0.05) is 6.42 Å². The number of hydrogen-bond donors (Lipinski definition) is 1. The van der Waals surface area contributed by atoms with Gasteiger partial charge in [-0.25, -0.2) is 0 Å². The van der Waals surface area contributed by atoms with E-state index in [-0.39, 0.29) is 5.54 Å². The van der Waals surface area contributed by atoms with Crippen molar-refractivity contribution in [3.05, 3.63) is 0 Å². The fourth-order valence-corrected chi connectivity index (χ4v) is 3.51. The van der Waals surface area contributed by atoms with Crippen LogP contribution in [0.3, 0.4) is 0 Å². The average molecular weight is 281 g/mol. The van der Waals surface area contributed by atoms with Crippen LogP contribution < -0.4 is 5.32 Å². The van der Waals surface area contributed by atoms with Crippen LogP contribution in [-0.4, -0.2) is 60.6 Å². The number of piperidine rings is 1. The summed E-state index contributed by atoms with van der Waals surface area (Å²) < 4.78 is 0. The molecule has 0 radical (unpaired) electrons. The van der Waals surface area contributed by atoms with Crippen LogP contribution in [0, 0.1) is 0 Å². The predicted octanol–water partition coefficient (Wildman–Crippen LogP) is 2.71. The van der Waals surface area contributed by atoms with Crippen molar-refractivity contribution in [1.82, 2.24) is 15.1 Å². The van der Waals surface area contributed by atoms with Crippen molar-refractivity contribution < 1.29 is 0 Å². The molecule has 2 saturated heterocycles. The Morgan fingerprint density at radius 1 is 0.950 bits per heavy atom. The SMILES string of the molecule is CC(C)(C)NCC1CCCCN1CCCN1CCCC1. The first-order chi connectivity index (χ1) is 9.54. The molecule has 0 aromatic rings. The zero-order valence-electron chi connectivity index (χ0n) is 14.0. The van der Waals surface area contributed by atoms with Crippen molar-refractivity contribution in [3.8, 4) is 0 Å². The van der Waals surface area contributed by atoms with E-state index in [4.69, 9.17) is 0 Å². The Balaban J connectivity index is 1.69. The van der Waals surface area contributed by atoms with E-state index in [1.54, 1.807) is 0 Å². The van der Waals surface area contributed by atoms with Gasteiger partial charge in [0.05, 0.1) is 0 Å². The van der Waals surface area contributed by atoms with Crippen molar-refractivity contribution in [3.63, 3.8) is 0 Å². The van der Waals surface area contributed by atoms with Gasteiger partial charge in [-0.3, -0.25) is 4.90 Å². The van der Waals surface area contributed by atoms with Crippen molar-refractivity contribution in [1.29, 1.82) is 0 Å². The molecule has 3 heteroatoms. The normalized spacial score (nSPS) is 26.2. The minimum Gasteiger partial charge on any atom is -0.311 e. The van der Waals surface area contributed by atoms with Gasteiger partial charge in [0.2, 0.25) is 0 Å². The summed E-state index contributed by atoms with van der Waals surface area (Å²) in [5.41, 5.74) is 0.249. The van der Waals surface area contributed by atoms with Gasteiger partial charge in [-0.15, -0.1) is 0 Å². The summed E-state index contributed by atoms with van der Waals surface area (Å²) in [5, 5.41) is 3.70. The molecular formula is C17H35N3. The molecule has 2 fully saturated rings. The molecule has 0 amide bonds. The highest BCUT2D eigenvalue weighted by Gasteiger charge is 2.23. The number of rotatable bonds is 6.